The number of carbonyl (C=O) groups is 1. The highest BCUT2D eigenvalue weighted by Gasteiger charge is 2.13. The van der Waals surface area contributed by atoms with Gasteiger partial charge < -0.3 is 9.84 Å². The summed E-state index contributed by atoms with van der Waals surface area (Å²) in [5.74, 6) is -0.564. The third-order valence-corrected chi connectivity index (χ3v) is 2.06. The van der Waals surface area contributed by atoms with Gasteiger partial charge in [-0.1, -0.05) is 25.1 Å². The number of aromatic hydroxyl groups is 1. The third kappa shape index (κ3) is 3.42. The van der Waals surface area contributed by atoms with Crippen molar-refractivity contribution in [2.75, 3.05) is 0 Å². The van der Waals surface area contributed by atoms with Gasteiger partial charge in [-0.15, -0.1) is 0 Å². The summed E-state index contributed by atoms with van der Waals surface area (Å²) in [7, 11) is 0. The van der Waals surface area contributed by atoms with E-state index >= 15 is 0 Å². The number of esters is 1. The Balaban J connectivity index is 2.66. The van der Waals surface area contributed by atoms with Crippen LogP contribution in [0.25, 0.3) is 0 Å². The van der Waals surface area contributed by atoms with Crippen molar-refractivity contribution in [3.63, 3.8) is 0 Å². The van der Waals surface area contributed by atoms with Gasteiger partial charge in [-0.3, -0.25) is 0 Å². The fraction of sp³-hybridized carbons (Fsp3) is 0.308. The minimum Gasteiger partial charge on any atom is -0.507 e. The Hall–Kier alpha value is -1.77. The van der Waals surface area contributed by atoms with E-state index < -0.39 is 5.97 Å². The molecule has 0 spiro atoms. The third-order valence-electron chi connectivity index (χ3n) is 2.06. The molecular weight excluding hydrogens is 204 g/mol. The first-order valence-electron chi connectivity index (χ1n) is 5.30. The minimum absolute atomic E-state index is 0.0563. The number of ether oxygens (including phenoxy) is 1. The van der Waals surface area contributed by atoms with Gasteiger partial charge in [0.05, 0.1) is 0 Å². The lowest BCUT2D eigenvalue weighted by molar-refractivity contribution is 0.0421. The van der Waals surface area contributed by atoms with Crippen LogP contribution in [0.1, 0.15) is 30.6 Å². The van der Waals surface area contributed by atoms with E-state index in [2.05, 4.69) is 0 Å². The van der Waals surface area contributed by atoms with Crippen LogP contribution < -0.4 is 0 Å². The Kier molecular flexibility index (Phi) is 4.58. The molecule has 0 amide bonds. The highest BCUT2D eigenvalue weighted by molar-refractivity contribution is 5.92. The molecule has 0 aliphatic heterocycles. The summed E-state index contributed by atoms with van der Waals surface area (Å²) in [6.07, 6.45) is 4.37. The van der Waals surface area contributed by atoms with Gasteiger partial charge in [-0.05, 0) is 31.6 Å². The van der Waals surface area contributed by atoms with Crippen LogP contribution in [0, 0.1) is 0 Å². The van der Waals surface area contributed by atoms with Crippen molar-refractivity contribution in [3.05, 3.63) is 42.0 Å². The number of rotatable bonds is 4. The number of allylic oxidation sites excluding steroid dienone is 1. The van der Waals surface area contributed by atoms with E-state index in [0.717, 1.165) is 6.42 Å². The highest BCUT2D eigenvalue weighted by Crippen LogP contribution is 2.17. The quantitative estimate of drug-likeness (QED) is 0.627. The molecule has 0 aliphatic rings. The zero-order valence-corrected chi connectivity index (χ0v) is 9.51. The number of para-hydroxylation sites is 1. The van der Waals surface area contributed by atoms with Gasteiger partial charge in [0.25, 0.3) is 0 Å². The van der Waals surface area contributed by atoms with Gasteiger partial charge in [-0.2, -0.15) is 0 Å². The summed E-state index contributed by atoms with van der Waals surface area (Å²) >= 11 is 0. The standard InChI is InChI=1S/C13H16O3/c1-3-4-7-10(2)16-13(15)11-8-5-6-9-12(11)14/h4-10,14H,3H2,1-2H3/b7-4-. The average molecular weight is 220 g/mol. The number of phenolic OH excluding ortho intramolecular Hbond substituents is 1. The van der Waals surface area contributed by atoms with Gasteiger partial charge >= 0.3 is 5.97 Å². The van der Waals surface area contributed by atoms with Crippen LogP contribution in [0.4, 0.5) is 0 Å². The van der Waals surface area contributed by atoms with E-state index in [0.29, 0.717) is 0 Å². The molecule has 0 saturated carbocycles. The minimum atomic E-state index is -0.508. The van der Waals surface area contributed by atoms with Crippen molar-refractivity contribution in [1.29, 1.82) is 0 Å². The van der Waals surface area contributed by atoms with Crippen molar-refractivity contribution in [1.82, 2.24) is 0 Å². The second kappa shape index (κ2) is 5.95. The molecule has 1 aromatic carbocycles. The maximum atomic E-state index is 11.6. The Morgan fingerprint density at radius 3 is 2.81 bits per heavy atom. The van der Waals surface area contributed by atoms with Gasteiger partial charge in [0.1, 0.15) is 17.4 Å². The number of hydrogen-bond donors (Lipinski definition) is 1. The van der Waals surface area contributed by atoms with Crippen molar-refractivity contribution in [2.24, 2.45) is 0 Å². The van der Waals surface area contributed by atoms with Gasteiger partial charge in [-0.25, -0.2) is 4.79 Å². The fourth-order valence-electron chi connectivity index (χ4n) is 1.25. The Morgan fingerprint density at radius 2 is 2.19 bits per heavy atom. The van der Waals surface area contributed by atoms with Gasteiger partial charge in [0.2, 0.25) is 0 Å². The average Bonchev–Trinajstić information content (AvgIpc) is 2.26. The lowest BCUT2D eigenvalue weighted by atomic mass is 10.2. The zero-order valence-electron chi connectivity index (χ0n) is 9.51. The summed E-state index contributed by atoms with van der Waals surface area (Å²) in [6, 6.07) is 6.34. The van der Waals surface area contributed by atoms with Crippen LogP contribution in [0.3, 0.4) is 0 Å². The topological polar surface area (TPSA) is 46.5 Å². The Morgan fingerprint density at radius 1 is 1.50 bits per heavy atom. The first-order chi connectivity index (χ1) is 7.65. The van der Waals surface area contributed by atoms with E-state index in [-0.39, 0.29) is 17.4 Å². The van der Waals surface area contributed by atoms with Crippen LogP contribution in [0.2, 0.25) is 0 Å². The Labute approximate surface area is 95.4 Å². The van der Waals surface area contributed by atoms with Crippen LogP contribution in [-0.4, -0.2) is 17.2 Å². The smallest absolute Gasteiger partial charge is 0.342 e. The zero-order chi connectivity index (χ0) is 12.0. The normalized spacial score (nSPS) is 12.6. The molecule has 16 heavy (non-hydrogen) atoms. The molecule has 0 bridgehead atoms. The molecule has 1 atom stereocenters. The Bertz CT molecular complexity index is 383. The number of hydrogen-bond acceptors (Lipinski definition) is 3. The summed E-state index contributed by atoms with van der Waals surface area (Å²) in [5.41, 5.74) is 0.194. The number of phenols is 1. The molecule has 0 saturated heterocycles. The van der Waals surface area contributed by atoms with Gasteiger partial charge in [0.15, 0.2) is 0 Å². The molecule has 1 N–H and O–H groups in total. The van der Waals surface area contributed by atoms with Crippen molar-refractivity contribution in [2.45, 2.75) is 26.4 Å². The van der Waals surface area contributed by atoms with E-state index in [9.17, 15) is 9.90 Å². The number of carbonyl (C=O) groups excluding carboxylic acids is 1. The summed E-state index contributed by atoms with van der Waals surface area (Å²) in [4.78, 5) is 11.6. The molecule has 86 valence electrons. The second-order valence-corrected chi connectivity index (χ2v) is 3.46. The lowest BCUT2D eigenvalue weighted by Gasteiger charge is -2.09. The van der Waals surface area contributed by atoms with Gasteiger partial charge in [0, 0.05) is 0 Å². The van der Waals surface area contributed by atoms with Crippen LogP contribution in [0.5, 0.6) is 5.75 Å². The number of benzene rings is 1. The molecule has 1 aromatic rings. The van der Waals surface area contributed by atoms with E-state index in [1.165, 1.54) is 12.1 Å². The summed E-state index contributed by atoms with van der Waals surface area (Å²) < 4.78 is 5.13. The predicted molar refractivity (Wildman–Crippen MR) is 62.4 cm³/mol. The molecule has 1 unspecified atom stereocenters. The van der Waals surface area contributed by atoms with E-state index in [4.69, 9.17) is 4.74 Å². The van der Waals surface area contributed by atoms with Crippen molar-refractivity contribution in [3.8, 4) is 5.75 Å². The predicted octanol–water partition coefficient (Wildman–Crippen LogP) is 2.90. The maximum Gasteiger partial charge on any atom is 0.342 e. The van der Waals surface area contributed by atoms with E-state index in [1.807, 2.05) is 19.1 Å². The van der Waals surface area contributed by atoms with Crippen molar-refractivity contribution >= 4 is 5.97 Å². The molecule has 3 nitrogen and oxygen atoms in total. The SMILES string of the molecule is CC/C=C\C(C)OC(=O)c1ccccc1O. The molecule has 0 aromatic heterocycles. The van der Waals surface area contributed by atoms with Crippen LogP contribution in [0.15, 0.2) is 36.4 Å². The van der Waals surface area contributed by atoms with Crippen LogP contribution in [-0.2, 0) is 4.74 Å². The van der Waals surface area contributed by atoms with Crippen molar-refractivity contribution < 1.29 is 14.6 Å². The first-order valence-corrected chi connectivity index (χ1v) is 5.30. The summed E-state index contributed by atoms with van der Waals surface area (Å²) in [5, 5.41) is 9.45. The largest absolute Gasteiger partial charge is 0.507 e. The molecule has 0 fully saturated rings. The molecule has 0 aliphatic carbocycles. The molecule has 0 heterocycles. The maximum absolute atomic E-state index is 11.6. The molecule has 0 radical (unpaired) electrons. The van der Waals surface area contributed by atoms with Crippen LogP contribution >= 0.6 is 0 Å². The fourth-order valence-corrected chi connectivity index (χ4v) is 1.25. The summed E-state index contributed by atoms with van der Waals surface area (Å²) in [6.45, 7) is 3.79. The molecule has 3 heteroatoms. The second-order valence-electron chi connectivity index (χ2n) is 3.46. The monoisotopic (exact) mass is 220 g/mol. The first kappa shape index (κ1) is 12.3. The molecular formula is C13H16O3. The lowest BCUT2D eigenvalue weighted by Crippen LogP contribution is -2.12. The highest BCUT2D eigenvalue weighted by atomic mass is 16.5. The van der Waals surface area contributed by atoms with E-state index in [1.54, 1.807) is 19.1 Å². The molecule has 1 rings (SSSR count).